The van der Waals surface area contributed by atoms with Crippen LogP contribution in [0.1, 0.15) is 126 Å². The minimum absolute atomic E-state index is 0.0117. The topological polar surface area (TPSA) is 201 Å². The van der Waals surface area contributed by atoms with Crippen molar-refractivity contribution in [2.75, 3.05) is 41.2 Å². The van der Waals surface area contributed by atoms with Gasteiger partial charge in [-0.3, -0.25) is 23.7 Å². The zero-order valence-electron chi connectivity index (χ0n) is 43.4. The monoisotopic (exact) mass is 990 g/mol. The van der Waals surface area contributed by atoms with Crippen LogP contribution in [0.5, 0.6) is 0 Å². The number of carbonyl (C=O) groups is 5. The molecule has 69 heavy (non-hydrogen) atoms. The summed E-state index contributed by atoms with van der Waals surface area (Å²) in [7, 11) is 1.76. The summed E-state index contributed by atoms with van der Waals surface area (Å²) in [5, 5.41) is 23.5. The van der Waals surface area contributed by atoms with E-state index >= 15 is 0 Å². The van der Waals surface area contributed by atoms with Gasteiger partial charge >= 0.3 is 5.97 Å². The molecule has 1 amide bonds. The minimum atomic E-state index is -2.79. The predicted molar refractivity (Wildman–Crippen MR) is 263 cm³/mol. The molecule has 390 valence electrons. The molecular weight excluding hydrogens is 906 g/mol. The lowest BCUT2D eigenvalue weighted by molar-refractivity contribution is -0.265. The first-order valence-corrected chi connectivity index (χ1v) is 27.7. The Bertz CT molecular complexity index is 1940. The number of nitrogens with zero attached hydrogens (tertiary/aromatic N) is 1. The number of amides is 1. The number of aliphatic hydroxyl groups is 2. The van der Waals surface area contributed by atoms with Crippen LogP contribution >= 0.6 is 7.37 Å². The van der Waals surface area contributed by atoms with Gasteiger partial charge in [-0.15, -0.1) is 0 Å². The van der Waals surface area contributed by atoms with Gasteiger partial charge in [0.2, 0.25) is 5.79 Å². The van der Waals surface area contributed by atoms with Crippen molar-refractivity contribution in [1.82, 2.24) is 4.90 Å². The predicted octanol–water partition coefficient (Wildman–Crippen LogP) is 7.74. The van der Waals surface area contributed by atoms with Gasteiger partial charge in [-0.1, -0.05) is 71.1 Å². The zero-order valence-corrected chi connectivity index (χ0v) is 44.3. The molecule has 3 aliphatic heterocycles. The molecule has 3 heterocycles. The van der Waals surface area contributed by atoms with Gasteiger partial charge in [-0.2, -0.15) is 0 Å². The molecular formula is C53H84NO14P. The number of allylic oxidation sites excluding steroid dienone is 6. The third-order valence-corrected chi connectivity index (χ3v) is 15.6. The third-order valence-electron chi connectivity index (χ3n) is 14.8. The van der Waals surface area contributed by atoms with Crippen LogP contribution in [-0.2, 0) is 56.7 Å². The van der Waals surface area contributed by atoms with Gasteiger partial charge in [0.25, 0.3) is 11.7 Å². The van der Waals surface area contributed by atoms with Gasteiger partial charge in [0.05, 0.1) is 24.4 Å². The Balaban J connectivity index is 1.70. The standard InChI is InChI=1S/C53H84NO14P/c1-32-18-14-13-15-19-33(2)44(63-8)30-40-23-21-38(7)53(61,67-40)50(58)51(59)54-25-17-16-20-41(54)52(60)66-45(35(4)28-39-22-24-43(46(29-39)64-9)68-69(11,12)62)31-42(55)34(3)27-37(6)48(57)49(65-10)47(56)36(5)26-32/h13-15,18-19,27,32,34-36,38-41,43-46,48-49,57,61H,16-17,20-26,28-31H2,1-12H3/b15-13?,18-14+,33-19?,37-27+/t32-,34-,35-,36-,38-,39?,40+,41+,43-,44+,45?,46-,48-,49+,53-/m1/s1. The number of aliphatic hydroxyl groups excluding tert-OH is 1. The Morgan fingerprint density at radius 2 is 1.57 bits per heavy atom. The number of rotatable bonds is 8. The molecule has 0 spiro atoms. The van der Waals surface area contributed by atoms with Gasteiger partial charge in [-0.25, -0.2) is 4.79 Å². The highest BCUT2D eigenvalue weighted by Crippen LogP contribution is 2.45. The van der Waals surface area contributed by atoms with E-state index in [0.29, 0.717) is 63.4 Å². The Morgan fingerprint density at radius 1 is 0.855 bits per heavy atom. The van der Waals surface area contributed by atoms with Crippen LogP contribution in [0.25, 0.3) is 0 Å². The molecule has 1 aliphatic carbocycles. The first-order valence-electron chi connectivity index (χ1n) is 25.2. The molecule has 15 atom stereocenters. The van der Waals surface area contributed by atoms with E-state index < -0.39 is 85.1 Å². The summed E-state index contributed by atoms with van der Waals surface area (Å²) in [5.74, 6) is -8.11. The van der Waals surface area contributed by atoms with Crippen molar-refractivity contribution in [1.29, 1.82) is 0 Å². The molecule has 0 aromatic carbocycles. The van der Waals surface area contributed by atoms with Crippen molar-refractivity contribution in [3.8, 4) is 0 Å². The number of hydrogen-bond acceptors (Lipinski definition) is 14. The Morgan fingerprint density at radius 3 is 2.22 bits per heavy atom. The molecule has 2 bridgehead atoms. The van der Waals surface area contributed by atoms with Crippen molar-refractivity contribution in [2.24, 2.45) is 35.5 Å². The lowest BCUT2D eigenvalue weighted by atomic mass is 9.78. The maximum Gasteiger partial charge on any atom is 0.329 e. The van der Waals surface area contributed by atoms with E-state index in [1.165, 1.54) is 12.0 Å². The summed E-state index contributed by atoms with van der Waals surface area (Å²) in [6.45, 7) is 15.9. The van der Waals surface area contributed by atoms with Crippen LogP contribution in [-0.4, -0.2) is 140 Å². The van der Waals surface area contributed by atoms with E-state index in [1.54, 1.807) is 54.4 Å². The molecule has 1 saturated carbocycles. The first kappa shape index (κ1) is 58.4. The molecule has 4 aliphatic rings. The number of ketones is 3. The fourth-order valence-electron chi connectivity index (χ4n) is 10.5. The van der Waals surface area contributed by atoms with Crippen LogP contribution in [0.3, 0.4) is 0 Å². The molecule has 4 rings (SSSR count). The maximum absolute atomic E-state index is 14.5. The van der Waals surface area contributed by atoms with Crippen molar-refractivity contribution in [2.45, 2.75) is 180 Å². The highest BCUT2D eigenvalue weighted by atomic mass is 31.2. The Hall–Kier alpha value is -3.14. The van der Waals surface area contributed by atoms with Crippen molar-refractivity contribution >= 4 is 36.6 Å². The van der Waals surface area contributed by atoms with E-state index in [1.807, 2.05) is 58.1 Å². The number of ether oxygens (including phenoxy) is 5. The van der Waals surface area contributed by atoms with E-state index in [2.05, 4.69) is 0 Å². The fourth-order valence-corrected chi connectivity index (χ4v) is 11.4. The van der Waals surface area contributed by atoms with Gasteiger partial charge in [0.15, 0.2) is 13.2 Å². The summed E-state index contributed by atoms with van der Waals surface area (Å²) in [6.07, 6.45) is 11.4. The number of fused-ring (bicyclic) bond motifs is 3. The number of esters is 1. The molecule has 0 aromatic heterocycles. The molecule has 0 radical (unpaired) electrons. The maximum atomic E-state index is 14.5. The first-order chi connectivity index (χ1) is 32.4. The van der Waals surface area contributed by atoms with Gasteiger partial charge in [0, 0.05) is 71.8 Å². The SMILES string of the molecule is CO[C@H]1C[C@@H]2CC[C@@H](C)[C@@](O)(O2)C(=O)C(=O)N2CCCC[C@H]2C(=O)OC([C@H](C)CC2CC[C@@H](OP(C)(C)=O)[C@H](OC)C2)CC(=O)[C@H](C)/C=C(\C)[C@@H](O)[C@@H](OC)C(=O)[C@H](C)C[C@H](C)/C=C/C=CC=C1C. The van der Waals surface area contributed by atoms with E-state index in [-0.39, 0.29) is 60.9 Å². The quantitative estimate of drug-likeness (QED) is 0.104. The van der Waals surface area contributed by atoms with Crippen LogP contribution in [0.15, 0.2) is 47.6 Å². The van der Waals surface area contributed by atoms with Crippen molar-refractivity contribution in [3.63, 3.8) is 0 Å². The number of carbonyl (C=O) groups excluding carboxylic acids is 5. The van der Waals surface area contributed by atoms with Gasteiger partial charge < -0.3 is 43.3 Å². The smallest absolute Gasteiger partial charge is 0.329 e. The van der Waals surface area contributed by atoms with Crippen LogP contribution in [0.2, 0.25) is 0 Å². The second-order valence-corrected chi connectivity index (χ2v) is 23.6. The van der Waals surface area contributed by atoms with E-state index in [9.17, 15) is 38.8 Å². The summed E-state index contributed by atoms with van der Waals surface area (Å²) < 4.78 is 48.2. The largest absolute Gasteiger partial charge is 0.460 e. The Labute approximate surface area is 411 Å². The number of Topliss-reactive ketones (excluding diaryl/α,β-unsaturated/α-hetero) is 3. The molecule has 3 fully saturated rings. The van der Waals surface area contributed by atoms with Crippen LogP contribution in [0, 0.1) is 35.5 Å². The summed E-state index contributed by atoms with van der Waals surface area (Å²) in [5.41, 5.74) is 1.25. The average Bonchev–Trinajstić information content (AvgIpc) is 3.30. The van der Waals surface area contributed by atoms with E-state index in [4.69, 9.17) is 28.2 Å². The molecule has 0 aromatic rings. The third kappa shape index (κ3) is 16.2. The number of hydrogen-bond donors (Lipinski definition) is 2. The molecule has 2 unspecified atom stereocenters. The summed E-state index contributed by atoms with van der Waals surface area (Å²) in [4.78, 5) is 72.2. The number of piperidine rings is 1. The molecule has 2 N–H and O–H groups in total. The fraction of sp³-hybridized carbons (Fsp3) is 0.755. The summed E-state index contributed by atoms with van der Waals surface area (Å²) >= 11 is 0. The van der Waals surface area contributed by atoms with Gasteiger partial charge in [0.1, 0.15) is 30.1 Å². The minimum Gasteiger partial charge on any atom is -0.460 e. The van der Waals surface area contributed by atoms with E-state index in [0.717, 1.165) is 12.0 Å². The average molecular weight is 990 g/mol. The highest BCUT2D eigenvalue weighted by Gasteiger charge is 2.53. The number of cyclic esters (lactones) is 1. The highest BCUT2D eigenvalue weighted by molar-refractivity contribution is 7.57. The molecule has 15 nitrogen and oxygen atoms in total. The summed E-state index contributed by atoms with van der Waals surface area (Å²) in [6, 6.07) is -1.16. The van der Waals surface area contributed by atoms with Crippen LogP contribution < -0.4 is 0 Å². The molecule has 16 heteroatoms. The van der Waals surface area contributed by atoms with Crippen LogP contribution in [0.4, 0.5) is 0 Å². The van der Waals surface area contributed by atoms with Crippen molar-refractivity contribution < 1.29 is 67.0 Å². The van der Waals surface area contributed by atoms with Gasteiger partial charge in [-0.05, 0) is 107 Å². The Kier molecular flexibility index (Phi) is 22.5. The number of methoxy groups -OCH3 is 3. The normalized spacial score (nSPS) is 37.8. The second kappa shape index (κ2) is 26.5. The lowest BCUT2D eigenvalue weighted by Gasteiger charge is -2.42. The van der Waals surface area contributed by atoms with Crippen molar-refractivity contribution in [3.05, 3.63) is 47.6 Å². The second-order valence-electron chi connectivity index (χ2n) is 20.9. The lowest BCUT2D eigenvalue weighted by Crippen LogP contribution is -2.61. The zero-order chi connectivity index (χ0) is 51.4. The molecule has 2 saturated heterocycles.